The van der Waals surface area contributed by atoms with Crippen molar-refractivity contribution in [2.24, 2.45) is 5.10 Å². The van der Waals surface area contributed by atoms with Crippen LogP contribution in [0.25, 0.3) is 0 Å². The highest BCUT2D eigenvalue weighted by Gasteiger charge is 2.07. The number of hydrogen-bond acceptors (Lipinski definition) is 3. The van der Waals surface area contributed by atoms with Crippen LogP contribution in [0, 0.1) is 0 Å². The summed E-state index contributed by atoms with van der Waals surface area (Å²) in [4.78, 5) is 12.9. The smallest absolute Gasteiger partial charge is 0.267 e. The summed E-state index contributed by atoms with van der Waals surface area (Å²) < 4.78 is 0. The van der Waals surface area contributed by atoms with Crippen molar-refractivity contribution in [3.8, 4) is 0 Å². The Balaban J connectivity index is 2.09. The molecule has 0 atom stereocenters. The number of carbonyl (C=O) groups excluding carboxylic acids is 1. The Morgan fingerprint density at radius 3 is 2.68 bits per heavy atom. The monoisotopic (exact) mass is 312 g/mol. The van der Waals surface area contributed by atoms with Crippen LogP contribution in [0.3, 0.4) is 0 Å². The molecule has 0 bridgehead atoms. The molecular formula is C13H10Cl2N2OS. The van der Waals surface area contributed by atoms with Crippen LogP contribution < -0.4 is 5.43 Å². The first-order valence-corrected chi connectivity index (χ1v) is 7.05. The van der Waals surface area contributed by atoms with Crippen molar-refractivity contribution >= 4 is 46.2 Å². The van der Waals surface area contributed by atoms with Gasteiger partial charge in [0, 0.05) is 10.4 Å². The normalized spacial score (nSPS) is 11.4. The minimum absolute atomic E-state index is 0.325. The lowest BCUT2D eigenvalue weighted by Crippen LogP contribution is -2.19. The second kappa shape index (κ2) is 6.19. The van der Waals surface area contributed by atoms with E-state index in [1.807, 2.05) is 24.4 Å². The fourth-order valence-electron chi connectivity index (χ4n) is 1.38. The lowest BCUT2D eigenvalue weighted by atomic mass is 10.2. The van der Waals surface area contributed by atoms with Crippen molar-refractivity contribution in [3.63, 3.8) is 0 Å². The second-order valence-corrected chi connectivity index (χ2v) is 5.51. The molecule has 0 aliphatic rings. The Morgan fingerprint density at radius 1 is 1.26 bits per heavy atom. The molecule has 0 aliphatic heterocycles. The van der Waals surface area contributed by atoms with Gasteiger partial charge in [0.2, 0.25) is 0 Å². The van der Waals surface area contributed by atoms with Gasteiger partial charge in [-0.15, -0.1) is 11.3 Å². The van der Waals surface area contributed by atoms with Crippen molar-refractivity contribution in [1.29, 1.82) is 0 Å². The Kier molecular flexibility index (Phi) is 4.58. The highest BCUT2D eigenvalue weighted by molar-refractivity contribution is 7.12. The number of nitrogens with one attached hydrogen (secondary N) is 1. The summed E-state index contributed by atoms with van der Waals surface area (Å²) in [6, 6.07) is 8.55. The van der Waals surface area contributed by atoms with Gasteiger partial charge in [0.1, 0.15) is 0 Å². The molecule has 1 heterocycles. The fraction of sp³-hybridized carbons (Fsp3) is 0.0769. The second-order valence-electron chi connectivity index (χ2n) is 3.74. The molecule has 6 heteroatoms. The van der Waals surface area contributed by atoms with Crippen molar-refractivity contribution in [1.82, 2.24) is 5.43 Å². The van der Waals surface area contributed by atoms with E-state index in [-0.39, 0.29) is 5.91 Å². The van der Waals surface area contributed by atoms with E-state index in [9.17, 15) is 4.79 Å². The van der Waals surface area contributed by atoms with Crippen LogP contribution in [0.5, 0.6) is 0 Å². The molecule has 1 N–H and O–H groups in total. The number of hydrogen-bond donors (Lipinski definition) is 1. The van der Waals surface area contributed by atoms with E-state index >= 15 is 0 Å². The predicted molar refractivity (Wildman–Crippen MR) is 80.5 cm³/mol. The van der Waals surface area contributed by atoms with Crippen molar-refractivity contribution in [2.45, 2.75) is 6.92 Å². The van der Waals surface area contributed by atoms with Gasteiger partial charge in [0.15, 0.2) is 0 Å². The molecule has 0 spiro atoms. The van der Waals surface area contributed by atoms with E-state index in [0.717, 1.165) is 10.6 Å². The molecule has 1 aromatic carbocycles. The summed E-state index contributed by atoms with van der Waals surface area (Å²) in [6.07, 6.45) is 0. The van der Waals surface area contributed by atoms with E-state index < -0.39 is 0 Å². The number of hydrazone groups is 1. The number of nitrogens with zero attached hydrogens (tertiary/aromatic N) is 1. The molecule has 0 fully saturated rings. The summed E-state index contributed by atoms with van der Waals surface area (Å²) in [7, 11) is 0. The molecule has 19 heavy (non-hydrogen) atoms. The molecule has 0 unspecified atom stereocenters. The number of thiophene rings is 1. The maximum atomic E-state index is 11.9. The fourth-order valence-corrected chi connectivity index (χ4v) is 2.35. The topological polar surface area (TPSA) is 41.5 Å². The molecule has 0 aliphatic carbocycles. The Morgan fingerprint density at radius 2 is 2.05 bits per heavy atom. The van der Waals surface area contributed by atoms with Crippen molar-refractivity contribution < 1.29 is 4.79 Å². The van der Waals surface area contributed by atoms with E-state index in [0.29, 0.717) is 15.6 Å². The van der Waals surface area contributed by atoms with Gasteiger partial charge in [-0.1, -0.05) is 29.3 Å². The lowest BCUT2D eigenvalue weighted by molar-refractivity contribution is 0.0955. The van der Waals surface area contributed by atoms with Gasteiger partial charge in [-0.2, -0.15) is 5.10 Å². The van der Waals surface area contributed by atoms with Gasteiger partial charge in [-0.25, -0.2) is 5.43 Å². The number of amides is 1. The molecular weight excluding hydrogens is 303 g/mol. The minimum atomic E-state index is -0.325. The van der Waals surface area contributed by atoms with Crippen LogP contribution in [0.1, 0.15) is 22.2 Å². The summed E-state index contributed by atoms with van der Waals surface area (Å²) in [5, 5.41) is 6.75. The predicted octanol–water partition coefficient (Wildman–Crippen LogP) is 4.21. The molecule has 0 saturated carbocycles. The third kappa shape index (κ3) is 3.56. The molecule has 2 rings (SSSR count). The first-order valence-electron chi connectivity index (χ1n) is 5.41. The molecule has 1 aromatic heterocycles. The van der Waals surface area contributed by atoms with Gasteiger partial charge in [-0.05, 0) is 36.6 Å². The van der Waals surface area contributed by atoms with E-state index in [1.54, 1.807) is 23.5 Å². The molecule has 0 saturated heterocycles. The lowest BCUT2D eigenvalue weighted by Gasteiger charge is -2.03. The SMILES string of the molecule is C/C(=N\NC(=O)c1ccc(Cl)c(Cl)c1)c1cccs1. The van der Waals surface area contributed by atoms with Crippen LogP contribution in [-0.2, 0) is 0 Å². The number of carbonyl (C=O) groups is 1. The van der Waals surface area contributed by atoms with Crippen LogP contribution in [0.2, 0.25) is 10.0 Å². The van der Waals surface area contributed by atoms with Gasteiger partial charge >= 0.3 is 0 Å². The average molecular weight is 313 g/mol. The highest BCUT2D eigenvalue weighted by atomic mass is 35.5. The standard InChI is InChI=1S/C13H10Cl2N2OS/c1-8(12-3-2-6-19-12)16-17-13(18)9-4-5-10(14)11(15)7-9/h2-7H,1H3,(H,17,18)/b16-8+. The summed E-state index contributed by atoms with van der Waals surface area (Å²) in [5.41, 5.74) is 3.65. The van der Waals surface area contributed by atoms with E-state index in [1.165, 1.54) is 6.07 Å². The largest absolute Gasteiger partial charge is 0.271 e. The van der Waals surface area contributed by atoms with Gasteiger partial charge < -0.3 is 0 Å². The van der Waals surface area contributed by atoms with Gasteiger partial charge in [0.05, 0.1) is 15.8 Å². The first kappa shape index (κ1) is 14.1. The molecule has 2 aromatic rings. The number of halogens is 2. The van der Waals surface area contributed by atoms with Crippen LogP contribution in [0.15, 0.2) is 40.8 Å². The third-order valence-corrected chi connectivity index (χ3v) is 4.10. The van der Waals surface area contributed by atoms with Crippen LogP contribution >= 0.6 is 34.5 Å². The van der Waals surface area contributed by atoms with E-state index in [4.69, 9.17) is 23.2 Å². The number of benzene rings is 1. The maximum absolute atomic E-state index is 11.9. The molecule has 0 radical (unpaired) electrons. The quantitative estimate of drug-likeness (QED) is 0.669. The van der Waals surface area contributed by atoms with Crippen LogP contribution in [0.4, 0.5) is 0 Å². The minimum Gasteiger partial charge on any atom is -0.267 e. The Hall–Kier alpha value is -1.36. The third-order valence-electron chi connectivity index (χ3n) is 2.38. The van der Waals surface area contributed by atoms with Crippen LogP contribution in [-0.4, -0.2) is 11.6 Å². The summed E-state index contributed by atoms with van der Waals surface area (Å²) in [6.45, 7) is 1.83. The highest BCUT2D eigenvalue weighted by Crippen LogP contribution is 2.22. The molecule has 1 amide bonds. The Labute approximate surface area is 124 Å². The Bertz CT molecular complexity index is 624. The maximum Gasteiger partial charge on any atom is 0.271 e. The summed E-state index contributed by atoms with van der Waals surface area (Å²) >= 11 is 13.2. The number of rotatable bonds is 3. The van der Waals surface area contributed by atoms with Gasteiger partial charge in [0.25, 0.3) is 5.91 Å². The zero-order chi connectivity index (χ0) is 13.8. The van der Waals surface area contributed by atoms with Gasteiger partial charge in [-0.3, -0.25) is 4.79 Å². The average Bonchev–Trinajstić information content (AvgIpc) is 2.92. The van der Waals surface area contributed by atoms with Crippen molar-refractivity contribution in [2.75, 3.05) is 0 Å². The molecule has 98 valence electrons. The zero-order valence-corrected chi connectivity index (χ0v) is 12.3. The van der Waals surface area contributed by atoms with E-state index in [2.05, 4.69) is 10.5 Å². The summed E-state index contributed by atoms with van der Waals surface area (Å²) in [5.74, 6) is -0.325. The first-order chi connectivity index (χ1) is 9.08. The zero-order valence-electron chi connectivity index (χ0n) is 9.98. The van der Waals surface area contributed by atoms with Crippen molar-refractivity contribution in [3.05, 3.63) is 56.2 Å². The molecule has 3 nitrogen and oxygen atoms in total.